The second-order valence-electron chi connectivity index (χ2n) is 6.13. The van der Waals surface area contributed by atoms with Gasteiger partial charge in [-0.3, -0.25) is 4.79 Å². The maximum Gasteiger partial charge on any atom is 0.242 e. The lowest BCUT2D eigenvalue weighted by atomic mass is 10.2. The van der Waals surface area contributed by atoms with Gasteiger partial charge in [0.25, 0.3) is 0 Å². The normalized spacial score (nSPS) is 12.5. The molecule has 0 saturated heterocycles. The Bertz CT molecular complexity index is 1130. The second-order valence-corrected chi connectivity index (χ2v) is 8.93. The number of likely N-dealkylation sites (N-methyl/N-ethyl adjacent to an activating group) is 1. The number of nitrogens with one attached hydrogen (secondary N) is 1. The lowest BCUT2D eigenvalue weighted by Crippen LogP contribution is -2.39. The van der Waals surface area contributed by atoms with Crippen molar-refractivity contribution < 1.29 is 13.2 Å². The van der Waals surface area contributed by atoms with Gasteiger partial charge in [-0.1, -0.05) is 24.3 Å². The third-order valence-corrected chi connectivity index (χ3v) is 7.02. The van der Waals surface area contributed by atoms with E-state index in [1.54, 1.807) is 13.1 Å². The quantitative estimate of drug-likeness (QED) is 0.668. The van der Waals surface area contributed by atoms with Crippen LogP contribution in [0.25, 0.3) is 10.2 Å². The van der Waals surface area contributed by atoms with E-state index in [2.05, 4.69) is 9.71 Å². The van der Waals surface area contributed by atoms with Crippen molar-refractivity contribution in [3.63, 3.8) is 0 Å². The standard InChI is InChI=1S/C19H18N4O3S2/c1-13(19-22-15-8-4-5-9-16(15)27-19)23(2)18(24)12-21-28(25,26)17-10-6-3-7-14(17)11-20/h3-10,13,21H,12H2,1-2H3/t13-/m1/s1. The van der Waals surface area contributed by atoms with E-state index in [-0.39, 0.29) is 16.5 Å². The molecule has 0 aliphatic rings. The molecule has 0 aliphatic carbocycles. The van der Waals surface area contributed by atoms with Gasteiger partial charge < -0.3 is 4.90 Å². The van der Waals surface area contributed by atoms with Crippen molar-refractivity contribution in [3.8, 4) is 6.07 Å². The molecule has 7 nitrogen and oxygen atoms in total. The fourth-order valence-corrected chi connectivity index (χ4v) is 4.80. The highest BCUT2D eigenvalue weighted by Gasteiger charge is 2.24. The number of hydrogen-bond donors (Lipinski definition) is 1. The number of aromatic nitrogens is 1. The number of carbonyl (C=O) groups is 1. The highest BCUT2D eigenvalue weighted by atomic mass is 32.2. The molecule has 2 aromatic carbocycles. The van der Waals surface area contributed by atoms with Crippen LogP contribution in [-0.2, 0) is 14.8 Å². The van der Waals surface area contributed by atoms with Crippen molar-refractivity contribution in [2.24, 2.45) is 0 Å². The average molecular weight is 415 g/mol. The molecule has 0 radical (unpaired) electrons. The van der Waals surface area contributed by atoms with Crippen molar-refractivity contribution in [2.75, 3.05) is 13.6 Å². The predicted molar refractivity (Wildman–Crippen MR) is 107 cm³/mol. The van der Waals surface area contributed by atoms with Gasteiger partial charge in [-0.05, 0) is 31.2 Å². The molecule has 1 atom stereocenters. The summed E-state index contributed by atoms with van der Waals surface area (Å²) in [6.45, 7) is 1.43. The van der Waals surface area contributed by atoms with Gasteiger partial charge in [-0.15, -0.1) is 11.3 Å². The SMILES string of the molecule is C[C@H](c1nc2ccccc2s1)N(C)C(=O)CNS(=O)(=O)c1ccccc1C#N. The van der Waals surface area contributed by atoms with Crippen molar-refractivity contribution in [1.82, 2.24) is 14.6 Å². The van der Waals surface area contributed by atoms with E-state index in [1.165, 1.54) is 34.4 Å². The van der Waals surface area contributed by atoms with E-state index in [0.29, 0.717) is 0 Å². The van der Waals surface area contributed by atoms with Crippen LogP contribution in [0.5, 0.6) is 0 Å². The highest BCUT2D eigenvalue weighted by Crippen LogP contribution is 2.28. The minimum Gasteiger partial charge on any atom is -0.335 e. The number of carbonyl (C=O) groups excluding carboxylic acids is 1. The number of para-hydroxylation sites is 1. The van der Waals surface area contributed by atoms with E-state index >= 15 is 0 Å². The summed E-state index contributed by atoms with van der Waals surface area (Å²) in [6, 6.07) is 15.1. The molecule has 3 aromatic rings. The summed E-state index contributed by atoms with van der Waals surface area (Å²) in [4.78, 5) is 18.4. The van der Waals surface area contributed by atoms with Crippen LogP contribution < -0.4 is 4.72 Å². The number of rotatable bonds is 6. The zero-order valence-electron chi connectivity index (χ0n) is 15.3. The number of nitrogens with zero attached hydrogens (tertiary/aromatic N) is 3. The first kappa shape index (κ1) is 19.9. The summed E-state index contributed by atoms with van der Waals surface area (Å²) in [5, 5.41) is 9.86. The van der Waals surface area contributed by atoms with Gasteiger partial charge in [0.15, 0.2) is 0 Å². The zero-order valence-corrected chi connectivity index (χ0v) is 16.9. The topological polar surface area (TPSA) is 103 Å². The van der Waals surface area contributed by atoms with Gasteiger partial charge in [0, 0.05) is 7.05 Å². The molecule has 144 valence electrons. The largest absolute Gasteiger partial charge is 0.335 e. The van der Waals surface area contributed by atoms with Crippen LogP contribution in [0.15, 0.2) is 53.4 Å². The van der Waals surface area contributed by atoms with Crippen LogP contribution in [0.2, 0.25) is 0 Å². The average Bonchev–Trinajstić information content (AvgIpc) is 3.15. The molecule has 0 fully saturated rings. The second kappa shape index (κ2) is 8.06. The smallest absolute Gasteiger partial charge is 0.242 e. The monoisotopic (exact) mass is 414 g/mol. The Labute approximate surface area is 167 Å². The van der Waals surface area contributed by atoms with E-state index in [4.69, 9.17) is 5.26 Å². The van der Waals surface area contributed by atoms with Crippen LogP contribution in [-0.4, -0.2) is 37.8 Å². The molecule has 0 aliphatic heterocycles. The number of benzene rings is 2. The fraction of sp³-hybridized carbons (Fsp3) is 0.211. The molecule has 1 aromatic heterocycles. The third-order valence-electron chi connectivity index (χ3n) is 4.35. The van der Waals surface area contributed by atoms with Gasteiger partial charge in [0.2, 0.25) is 15.9 Å². The van der Waals surface area contributed by atoms with E-state index in [9.17, 15) is 13.2 Å². The summed E-state index contributed by atoms with van der Waals surface area (Å²) in [5.41, 5.74) is 0.891. The van der Waals surface area contributed by atoms with Gasteiger partial charge in [0.05, 0.1) is 33.3 Å². The summed E-state index contributed by atoms with van der Waals surface area (Å²) >= 11 is 1.50. The molecule has 3 rings (SSSR count). The summed E-state index contributed by atoms with van der Waals surface area (Å²) in [5.74, 6) is -0.398. The highest BCUT2D eigenvalue weighted by molar-refractivity contribution is 7.89. The van der Waals surface area contributed by atoms with Gasteiger partial charge in [-0.25, -0.2) is 18.1 Å². The first-order chi connectivity index (χ1) is 13.3. The maximum atomic E-state index is 12.5. The van der Waals surface area contributed by atoms with Gasteiger partial charge in [0.1, 0.15) is 11.1 Å². The lowest BCUT2D eigenvalue weighted by molar-refractivity contribution is -0.130. The molecule has 0 bridgehead atoms. The molecule has 1 amide bonds. The van der Waals surface area contributed by atoms with Crippen LogP contribution in [0.1, 0.15) is 23.5 Å². The molecule has 0 unspecified atom stereocenters. The Morgan fingerprint density at radius 1 is 1.25 bits per heavy atom. The molecule has 9 heteroatoms. The van der Waals surface area contributed by atoms with Crippen molar-refractivity contribution in [1.29, 1.82) is 5.26 Å². The van der Waals surface area contributed by atoms with Crippen LogP contribution in [0.4, 0.5) is 0 Å². The number of thiazole rings is 1. The molecular formula is C19H18N4O3S2. The minimum atomic E-state index is -3.98. The van der Waals surface area contributed by atoms with Crippen LogP contribution >= 0.6 is 11.3 Å². The third kappa shape index (κ3) is 4.04. The fourth-order valence-electron chi connectivity index (χ4n) is 2.60. The zero-order chi connectivity index (χ0) is 20.3. The van der Waals surface area contributed by atoms with Crippen molar-refractivity contribution >= 4 is 37.5 Å². The number of nitriles is 1. The first-order valence-electron chi connectivity index (χ1n) is 8.43. The molecular weight excluding hydrogens is 396 g/mol. The Morgan fingerprint density at radius 2 is 1.93 bits per heavy atom. The Morgan fingerprint density at radius 3 is 2.64 bits per heavy atom. The Hall–Kier alpha value is -2.80. The van der Waals surface area contributed by atoms with Gasteiger partial charge in [-0.2, -0.15) is 5.26 Å². The number of sulfonamides is 1. The van der Waals surface area contributed by atoms with Crippen molar-refractivity contribution in [2.45, 2.75) is 17.9 Å². The summed E-state index contributed by atoms with van der Waals surface area (Å²) in [7, 11) is -2.37. The molecule has 28 heavy (non-hydrogen) atoms. The summed E-state index contributed by atoms with van der Waals surface area (Å²) < 4.78 is 28.2. The molecule has 1 N–H and O–H groups in total. The Balaban J connectivity index is 1.71. The number of amides is 1. The molecule has 0 saturated carbocycles. The lowest BCUT2D eigenvalue weighted by Gasteiger charge is -2.23. The van der Waals surface area contributed by atoms with E-state index in [1.807, 2.05) is 37.3 Å². The van der Waals surface area contributed by atoms with E-state index < -0.39 is 22.5 Å². The Kier molecular flexibility index (Phi) is 5.74. The maximum absolute atomic E-state index is 12.5. The predicted octanol–water partition coefficient (Wildman–Crippen LogP) is 2.67. The van der Waals surface area contributed by atoms with Crippen LogP contribution in [0, 0.1) is 11.3 Å². The van der Waals surface area contributed by atoms with Crippen molar-refractivity contribution in [3.05, 3.63) is 59.1 Å². The molecule has 0 spiro atoms. The van der Waals surface area contributed by atoms with Gasteiger partial charge >= 0.3 is 0 Å². The summed E-state index contributed by atoms with van der Waals surface area (Å²) in [6.07, 6.45) is 0. The first-order valence-corrected chi connectivity index (χ1v) is 10.7. The number of fused-ring (bicyclic) bond motifs is 1. The van der Waals surface area contributed by atoms with Crippen LogP contribution in [0.3, 0.4) is 0 Å². The minimum absolute atomic E-state index is 0.0265. The van der Waals surface area contributed by atoms with E-state index in [0.717, 1.165) is 15.2 Å². The number of hydrogen-bond acceptors (Lipinski definition) is 6. The molecule has 1 heterocycles.